The molecule has 0 radical (unpaired) electrons. The van der Waals surface area contributed by atoms with Crippen molar-refractivity contribution < 1.29 is 41.7 Å². The van der Waals surface area contributed by atoms with E-state index in [9.17, 15) is 22.8 Å². The van der Waals surface area contributed by atoms with Crippen LogP contribution in [0.15, 0.2) is 53.4 Å². The van der Waals surface area contributed by atoms with Crippen molar-refractivity contribution in [3.8, 4) is 17.4 Å². The Hall–Kier alpha value is -3.85. The number of amides is 2. The van der Waals surface area contributed by atoms with Crippen molar-refractivity contribution >= 4 is 33.4 Å². The molecular formula is C28H29BrF3N5O6. The van der Waals surface area contributed by atoms with Crippen molar-refractivity contribution in [2.45, 2.75) is 38.3 Å². The highest BCUT2D eigenvalue weighted by Gasteiger charge is 2.43. The minimum atomic E-state index is -4.56. The van der Waals surface area contributed by atoms with E-state index in [1.165, 1.54) is 36.3 Å². The fourth-order valence-corrected chi connectivity index (χ4v) is 5.21. The maximum absolute atomic E-state index is 13.4. The first kappa shape index (κ1) is 30.6. The molecule has 0 aliphatic carbocycles. The van der Waals surface area contributed by atoms with E-state index in [4.69, 9.17) is 18.9 Å². The lowest BCUT2D eigenvalue weighted by Gasteiger charge is -2.47. The molecule has 5 rings (SSSR count). The Morgan fingerprint density at radius 1 is 1.23 bits per heavy atom. The smallest absolute Gasteiger partial charge is 0.420 e. The summed E-state index contributed by atoms with van der Waals surface area (Å²) in [5.74, 6) is 0.140. The number of anilines is 1. The Balaban J connectivity index is 1.06. The summed E-state index contributed by atoms with van der Waals surface area (Å²) < 4.78 is 63.9. The first-order valence-electron chi connectivity index (χ1n) is 13.3. The summed E-state index contributed by atoms with van der Waals surface area (Å²) in [4.78, 5) is 31.1. The Morgan fingerprint density at radius 3 is 2.77 bits per heavy atom. The van der Waals surface area contributed by atoms with Crippen molar-refractivity contribution in [1.29, 1.82) is 0 Å². The van der Waals surface area contributed by atoms with Gasteiger partial charge in [-0.1, -0.05) is 22.9 Å². The molecule has 230 valence electrons. The molecule has 0 spiro atoms. The highest BCUT2D eigenvalue weighted by molar-refractivity contribution is 9.10. The van der Waals surface area contributed by atoms with Gasteiger partial charge in [-0.25, -0.2) is 4.98 Å². The summed E-state index contributed by atoms with van der Waals surface area (Å²) in [6.07, 6.45) is -0.715. The molecule has 1 aromatic carbocycles. The van der Waals surface area contributed by atoms with Gasteiger partial charge in [0.2, 0.25) is 11.8 Å². The summed E-state index contributed by atoms with van der Waals surface area (Å²) in [6.45, 7) is 2.68. The highest BCUT2D eigenvalue weighted by atomic mass is 79.9. The molecule has 0 unspecified atom stereocenters. The molecule has 15 heteroatoms. The third kappa shape index (κ3) is 7.57. The van der Waals surface area contributed by atoms with E-state index in [1.807, 2.05) is 6.92 Å². The second-order valence-electron chi connectivity index (χ2n) is 10.7. The summed E-state index contributed by atoms with van der Waals surface area (Å²) in [5.41, 5.74) is -0.958. The number of likely N-dealkylation sites (tertiary alicyclic amines) is 1. The topological polar surface area (TPSA) is 117 Å². The number of hydrogen-bond donors (Lipinski definition) is 1. The SMILES string of the molecule is COc1cc(O[C@@H]2CO[C@@H](C(=O)Nc3cnn(CC(=O)N4CC(C)(COc5ccc(Br)cc5C(F)(F)F)C4)c3)C2)ccn1. The molecule has 2 amide bonds. The molecule has 11 nitrogen and oxygen atoms in total. The largest absolute Gasteiger partial charge is 0.492 e. The van der Waals surface area contributed by atoms with Crippen LogP contribution < -0.4 is 19.5 Å². The zero-order valence-electron chi connectivity index (χ0n) is 23.3. The van der Waals surface area contributed by atoms with Gasteiger partial charge in [-0.05, 0) is 24.3 Å². The van der Waals surface area contributed by atoms with Crippen LogP contribution in [0.2, 0.25) is 0 Å². The Bertz CT molecular complexity index is 1480. The maximum atomic E-state index is 13.4. The maximum Gasteiger partial charge on any atom is 0.420 e. The van der Waals surface area contributed by atoms with Gasteiger partial charge < -0.3 is 29.2 Å². The second-order valence-corrected chi connectivity index (χ2v) is 11.7. The molecule has 0 bridgehead atoms. The third-order valence-corrected chi connectivity index (χ3v) is 7.48. The number of alkyl halides is 3. The second kappa shape index (κ2) is 12.4. The average molecular weight is 668 g/mol. The number of nitrogens with zero attached hydrogens (tertiary/aromatic N) is 4. The number of carbonyl (C=O) groups is 2. The lowest BCUT2D eigenvalue weighted by molar-refractivity contribution is -0.145. The molecule has 2 atom stereocenters. The quantitative estimate of drug-likeness (QED) is 0.343. The van der Waals surface area contributed by atoms with Gasteiger partial charge in [0.05, 0.1) is 37.8 Å². The molecule has 4 heterocycles. The van der Waals surface area contributed by atoms with Gasteiger partial charge in [0.25, 0.3) is 5.91 Å². The Labute approximate surface area is 253 Å². The minimum Gasteiger partial charge on any atom is -0.492 e. The molecule has 2 fully saturated rings. The summed E-state index contributed by atoms with van der Waals surface area (Å²) >= 11 is 3.06. The third-order valence-electron chi connectivity index (χ3n) is 6.99. The van der Waals surface area contributed by atoms with Gasteiger partial charge in [0, 0.05) is 47.9 Å². The zero-order chi connectivity index (χ0) is 30.8. The van der Waals surface area contributed by atoms with Crippen molar-refractivity contribution in [2.24, 2.45) is 5.41 Å². The summed E-state index contributed by atoms with van der Waals surface area (Å²) in [5, 5.41) is 6.90. The van der Waals surface area contributed by atoms with Gasteiger partial charge in [0.15, 0.2) is 0 Å². The number of methoxy groups -OCH3 is 1. The van der Waals surface area contributed by atoms with Crippen LogP contribution in [0, 0.1) is 5.41 Å². The molecule has 0 saturated carbocycles. The lowest BCUT2D eigenvalue weighted by atomic mass is 9.82. The molecule has 1 N–H and O–H groups in total. The molecule has 43 heavy (non-hydrogen) atoms. The normalized spacial score (nSPS) is 19.4. The molecular weight excluding hydrogens is 639 g/mol. The van der Waals surface area contributed by atoms with Crippen LogP contribution in [-0.2, 0) is 27.0 Å². The first-order chi connectivity index (χ1) is 20.4. The molecule has 2 aliphatic rings. The fraction of sp³-hybridized carbons (Fsp3) is 0.429. The van der Waals surface area contributed by atoms with E-state index in [2.05, 4.69) is 31.3 Å². The van der Waals surface area contributed by atoms with E-state index < -0.39 is 23.3 Å². The number of benzene rings is 1. The van der Waals surface area contributed by atoms with Crippen LogP contribution in [0.3, 0.4) is 0 Å². The van der Waals surface area contributed by atoms with Crippen LogP contribution in [0.4, 0.5) is 18.9 Å². The van der Waals surface area contributed by atoms with Crippen LogP contribution in [0.1, 0.15) is 18.9 Å². The standard InChI is InChI=1S/C28H29BrF3N5O6/c1-27(16-42-22-4-3-17(29)7-21(22)28(30,31)32)14-36(15-27)25(38)12-37-11-18(10-34-37)35-26(39)23-8-20(13-41-23)43-19-5-6-33-24(9-19)40-2/h3-7,9-11,20,23H,8,12-16H2,1-2H3,(H,35,39)/t20-,23+/m0/s1. The van der Waals surface area contributed by atoms with Crippen LogP contribution in [-0.4, -0.2) is 77.1 Å². The van der Waals surface area contributed by atoms with Gasteiger partial charge >= 0.3 is 6.18 Å². The van der Waals surface area contributed by atoms with Gasteiger partial charge in [-0.15, -0.1) is 0 Å². The van der Waals surface area contributed by atoms with Crippen molar-refractivity contribution in [2.75, 3.05) is 38.7 Å². The van der Waals surface area contributed by atoms with E-state index >= 15 is 0 Å². The number of aromatic nitrogens is 3. The fourth-order valence-electron chi connectivity index (χ4n) is 4.85. The lowest BCUT2D eigenvalue weighted by Crippen LogP contribution is -2.60. The predicted octanol–water partition coefficient (Wildman–Crippen LogP) is 4.17. The monoisotopic (exact) mass is 667 g/mol. The summed E-state index contributed by atoms with van der Waals surface area (Å²) in [7, 11) is 1.51. The number of carbonyl (C=O) groups excluding carboxylic acids is 2. The predicted molar refractivity (Wildman–Crippen MR) is 150 cm³/mol. The van der Waals surface area contributed by atoms with E-state index in [-0.39, 0.29) is 43.4 Å². The molecule has 2 aromatic heterocycles. The molecule has 2 saturated heterocycles. The average Bonchev–Trinajstić information content (AvgIpc) is 3.59. The first-order valence-corrected chi connectivity index (χ1v) is 14.1. The van der Waals surface area contributed by atoms with Gasteiger partial charge in [-0.3, -0.25) is 14.3 Å². The van der Waals surface area contributed by atoms with Crippen molar-refractivity contribution in [3.63, 3.8) is 0 Å². The van der Waals surface area contributed by atoms with E-state index in [0.29, 0.717) is 41.3 Å². The van der Waals surface area contributed by atoms with E-state index in [0.717, 1.165) is 6.07 Å². The van der Waals surface area contributed by atoms with Crippen LogP contribution in [0.5, 0.6) is 17.4 Å². The van der Waals surface area contributed by atoms with Crippen LogP contribution in [0.25, 0.3) is 0 Å². The van der Waals surface area contributed by atoms with Crippen molar-refractivity contribution in [1.82, 2.24) is 19.7 Å². The van der Waals surface area contributed by atoms with Gasteiger partial charge in [0.1, 0.15) is 30.3 Å². The Kier molecular flexibility index (Phi) is 8.83. The van der Waals surface area contributed by atoms with Gasteiger partial charge in [-0.2, -0.15) is 18.3 Å². The van der Waals surface area contributed by atoms with E-state index in [1.54, 1.807) is 23.2 Å². The summed E-state index contributed by atoms with van der Waals surface area (Å²) in [6, 6.07) is 7.07. The van der Waals surface area contributed by atoms with Crippen LogP contribution >= 0.6 is 15.9 Å². The number of ether oxygens (including phenoxy) is 4. The zero-order valence-corrected chi connectivity index (χ0v) is 24.9. The number of rotatable bonds is 10. The Morgan fingerprint density at radius 2 is 2.02 bits per heavy atom. The number of nitrogens with one attached hydrogen (secondary N) is 1. The van der Waals surface area contributed by atoms with Crippen molar-refractivity contribution in [3.05, 3.63) is 59.0 Å². The highest BCUT2D eigenvalue weighted by Crippen LogP contribution is 2.39. The number of pyridine rings is 1. The minimum absolute atomic E-state index is 0.0192. The number of hydrogen-bond acceptors (Lipinski definition) is 8. The number of halogens is 4. The molecule has 3 aromatic rings. The molecule has 2 aliphatic heterocycles.